The number of anilines is 1. The second-order valence-corrected chi connectivity index (χ2v) is 5.55. The van der Waals surface area contributed by atoms with Gasteiger partial charge in [0.15, 0.2) is 0 Å². The lowest BCUT2D eigenvalue weighted by molar-refractivity contribution is -0.141. The number of carbonyl (C=O) groups excluding carboxylic acids is 1. The molecule has 3 N–H and O–H groups in total. The van der Waals surface area contributed by atoms with Gasteiger partial charge in [-0.2, -0.15) is 0 Å². The summed E-state index contributed by atoms with van der Waals surface area (Å²) in [6.07, 6.45) is 1.67. The lowest BCUT2D eigenvalue weighted by atomic mass is 10.1. The Morgan fingerprint density at radius 3 is 2.40 bits per heavy atom. The van der Waals surface area contributed by atoms with Gasteiger partial charge in [0.05, 0.1) is 21.7 Å². The van der Waals surface area contributed by atoms with Gasteiger partial charge in [0.1, 0.15) is 0 Å². The minimum absolute atomic E-state index is 0.141. The zero-order valence-corrected chi connectivity index (χ0v) is 12.0. The molecular formula is C13H14Cl2N2O3. The van der Waals surface area contributed by atoms with Crippen LogP contribution in [0.4, 0.5) is 10.5 Å². The molecule has 1 aliphatic rings. The first-order valence-electron chi connectivity index (χ1n) is 6.21. The number of halogens is 2. The van der Waals surface area contributed by atoms with Crippen molar-refractivity contribution in [3.8, 4) is 0 Å². The molecular weight excluding hydrogens is 303 g/mol. The highest BCUT2D eigenvalue weighted by Gasteiger charge is 2.30. The Morgan fingerprint density at radius 2 is 1.85 bits per heavy atom. The van der Waals surface area contributed by atoms with E-state index in [4.69, 9.17) is 28.3 Å². The predicted molar refractivity (Wildman–Crippen MR) is 77.4 cm³/mol. The number of urea groups is 1. The quantitative estimate of drug-likeness (QED) is 0.800. The SMILES string of the molecule is O=C(Nc1c(Cl)cccc1Cl)N[C@H]1CC[C@@H](C(=O)O)C1. The summed E-state index contributed by atoms with van der Waals surface area (Å²) < 4.78 is 0. The summed E-state index contributed by atoms with van der Waals surface area (Å²) in [6, 6.07) is 4.36. The van der Waals surface area contributed by atoms with Crippen molar-refractivity contribution in [3.05, 3.63) is 28.2 Å². The molecule has 2 amide bonds. The number of hydrogen-bond donors (Lipinski definition) is 3. The smallest absolute Gasteiger partial charge is 0.319 e. The van der Waals surface area contributed by atoms with Crippen molar-refractivity contribution in [2.75, 3.05) is 5.32 Å². The van der Waals surface area contributed by atoms with Crippen molar-refractivity contribution in [1.29, 1.82) is 0 Å². The molecule has 1 aromatic carbocycles. The topological polar surface area (TPSA) is 78.4 Å². The van der Waals surface area contributed by atoms with Gasteiger partial charge in [-0.3, -0.25) is 4.79 Å². The molecule has 108 valence electrons. The van der Waals surface area contributed by atoms with Crippen LogP contribution in [0.5, 0.6) is 0 Å². The van der Waals surface area contributed by atoms with Crippen LogP contribution in [0.15, 0.2) is 18.2 Å². The van der Waals surface area contributed by atoms with Crippen molar-refractivity contribution < 1.29 is 14.7 Å². The molecule has 0 saturated heterocycles. The van der Waals surface area contributed by atoms with Gasteiger partial charge in [0.25, 0.3) is 0 Å². The highest BCUT2D eigenvalue weighted by Crippen LogP contribution is 2.30. The fourth-order valence-electron chi connectivity index (χ4n) is 2.29. The first-order chi connectivity index (χ1) is 9.47. The number of carboxylic acid groups (broad SMARTS) is 1. The zero-order chi connectivity index (χ0) is 14.7. The summed E-state index contributed by atoms with van der Waals surface area (Å²) in [4.78, 5) is 22.7. The van der Waals surface area contributed by atoms with Gasteiger partial charge in [0.2, 0.25) is 0 Å². The number of nitrogens with one attached hydrogen (secondary N) is 2. The molecule has 2 atom stereocenters. The summed E-state index contributed by atoms with van der Waals surface area (Å²) in [6.45, 7) is 0. The summed E-state index contributed by atoms with van der Waals surface area (Å²) >= 11 is 11.9. The van der Waals surface area contributed by atoms with E-state index in [2.05, 4.69) is 10.6 Å². The van der Waals surface area contributed by atoms with Crippen LogP contribution in [-0.4, -0.2) is 23.1 Å². The van der Waals surface area contributed by atoms with Gasteiger partial charge in [-0.05, 0) is 31.4 Å². The van der Waals surface area contributed by atoms with Crippen molar-refractivity contribution in [1.82, 2.24) is 5.32 Å². The lowest BCUT2D eigenvalue weighted by Gasteiger charge is -2.14. The van der Waals surface area contributed by atoms with Crippen LogP contribution < -0.4 is 10.6 Å². The maximum absolute atomic E-state index is 11.9. The predicted octanol–water partition coefficient (Wildman–Crippen LogP) is 3.37. The lowest BCUT2D eigenvalue weighted by Crippen LogP contribution is -2.36. The van der Waals surface area contributed by atoms with Gasteiger partial charge in [-0.15, -0.1) is 0 Å². The van der Waals surface area contributed by atoms with Crippen molar-refractivity contribution >= 4 is 40.9 Å². The fourth-order valence-corrected chi connectivity index (χ4v) is 2.78. The molecule has 7 heteroatoms. The highest BCUT2D eigenvalue weighted by molar-refractivity contribution is 6.39. The first-order valence-corrected chi connectivity index (χ1v) is 6.97. The van der Waals surface area contributed by atoms with Crippen molar-refractivity contribution in [2.24, 2.45) is 5.92 Å². The number of aliphatic carboxylic acids is 1. The third kappa shape index (κ3) is 3.55. The van der Waals surface area contributed by atoms with Crippen LogP contribution >= 0.6 is 23.2 Å². The minimum atomic E-state index is -0.816. The van der Waals surface area contributed by atoms with Gasteiger partial charge >= 0.3 is 12.0 Å². The van der Waals surface area contributed by atoms with E-state index in [1.807, 2.05) is 0 Å². The minimum Gasteiger partial charge on any atom is -0.481 e. The van der Waals surface area contributed by atoms with Gasteiger partial charge in [0, 0.05) is 6.04 Å². The van der Waals surface area contributed by atoms with Crippen LogP contribution in [0.3, 0.4) is 0 Å². The molecule has 0 heterocycles. The van der Waals surface area contributed by atoms with E-state index < -0.39 is 12.0 Å². The maximum atomic E-state index is 11.9. The van der Waals surface area contributed by atoms with Crippen LogP contribution in [0.2, 0.25) is 10.0 Å². The van der Waals surface area contributed by atoms with Gasteiger partial charge in [-0.25, -0.2) is 4.79 Å². The van der Waals surface area contributed by atoms with E-state index in [1.165, 1.54) is 0 Å². The fraction of sp³-hybridized carbons (Fsp3) is 0.385. The molecule has 5 nitrogen and oxygen atoms in total. The number of amides is 2. The Hall–Kier alpha value is -1.46. The summed E-state index contributed by atoms with van der Waals surface area (Å²) in [7, 11) is 0. The monoisotopic (exact) mass is 316 g/mol. The molecule has 0 spiro atoms. The van der Waals surface area contributed by atoms with Crippen LogP contribution in [0.1, 0.15) is 19.3 Å². The zero-order valence-electron chi connectivity index (χ0n) is 10.5. The molecule has 0 bridgehead atoms. The molecule has 0 radical (unpaired) electrons. The second kappa shape index (κ2) is 6.33. The normalized spacial score (nSPS) is 21.5. The summed E-state index contributed by atoms with van der Waals surface area (Å²) in [5.74, 6) is -1.20. The Labute approximate surface area is 126 Å². The molecule has 0 aliphatic heterocycles. The van der Waals surface area contributed by atoms with Crippen LogP contribution in [0, 0.1) is 5.92 Å². The van der Waals surface area contributed by atoms with E-state index >= 15 is 0 Å². The molecule has 1 fully saturated rings. The van der Waals surface area contributed by atoms with Crippen LogP contribution in [0.25, 0.3) is 0 Å². The van der Waals surface area contributed by atoms with Gasteiger partial charge < -0.3 is 15.7 Å². The van der Waals surface area contributed by atoms with Crippen molar-refractivity contribution in [3.63, 3.8) is 0 Å². The molecule has 0 aromatic heterocycles. The van der Waals surface area contributed by atoms with Crippen LogP contribution in [-0.2, 0) is 4.79 Å². The number of carboxylic acids is 1. The Bertz CT molecular complexity index is 516. The molecule has 0 unspecified atom stereocenters. The first kappa shape index (κ1) is 14.9. The number of rotatable bonds is 3. The van der Waals surface area contributed by atoms with E-state index in [0.29, 0.717) is 35.0 Å². The Kier molecular flexibility index (Phi) is 4.73. The van der Waals surface area contributed by atoms with E-state index in [9.17, 15) is 9.59 Å². The highest BCUT2D eigenvalue weighted by atomic mass is 35.5. The largest absolute Gasteiger partial charge is 0.481 e. The third-order valence-corrected chi connectivity index (χ3v) is 3.95. The summed E-state index contributed by atoms with van der Waals surface area (Å²) in [5, 5.41) is 14.9. The third-order valence-electron chi connectivity index (χ3n) is 3.32. The number of benzene rings is 1. The van der Waals surface area contributed by atoms with Gasteiger partial charge in [-0.1, -0.05) is 29.3 Å². The maximum Gasteiger partial charge on any atom is 0.319 e. The average Bonchev–Trinajstić information content (AvgIpc) is 2.82. The number of hydrogen-bond acceptors (Lipinski definition) is 2. The average molecular weight is 317 g/mol. The Morgan fingerprint density at radius 1 is 1.20 bits per heavy atom. The number of carbonyl (C=O) groups is 2. The molecule has 1 aromatic rings. The van der Waals surface area contributed by atoms with E-state index in [0.717, 1.165) is 0 Å². The van der Waals surface area contributed by atoms with E-state index in [-0.39, 0.29) is 12.0 Å². The van der Waals surface area contributed by atoms with E-state index in [1.54, 1.807) is 18.2 Å². The summed E-state index contributed by atoms with van der Waals surface area (Å²) in [5.41, 5.74) is 0.348. The molecule has 2 rings (SSSR count). The second-order valence-electron chi connectivity index (χ2n) is 4.74. The molecule has 1 saturated carbocycles. The number of para-hydroxylation sites is 1. The van der Waals surface area contributed by atoms with Crippen molar-refractivity contribution in [2.45, 2.75) is 25.3 Å². The standard InChI is InChI=1S/C13H14Cl2N2O3/c14-9-2-1-3-10(15)11(9)17-13(20)16-8-5-4-7(6-8)12(18)19/h1-3,7-8H,4-6H2,(H,18,19)(H2,16,17,20)/t7-,8+/m1/s1. The Balaban J connectivity index is 1.92. The molecule has 1 aliphatic carbocycles. The molecule has 20 heavy (non-hydrogen) atoms.